The molecule has 0 N–H and O–H groups in total. The average Bonchev–Trinajstić information content (AvgIpc) is 3.05. The third-order valence-electron chi connectivity index (χ3n) is 4.13. The van der Waals surface area contributed by atoms with Gasteiger partial charge in [0.25, 0.3) is 0 Å². The van der Waals surface area contributed by atoms with Crippen LogP contribution in [0.3, 0.4) is 0 Å². The second-order valence-electron chi connectivity index (χ2n) is 7.64. The van der Waals surface area contributed by atoms with Crippen molar-refractivity contribution in [3.63, 3.8) is 0 Å². The second-order valence-corrected chi connectivity index (χ2v) is 8.62. The summed E-state index contributed by atoms with van der Waals surface area (Å²) in [4.78, 5) is 12.7. The van der Waals surface area contributed by atoms with Gasteiger partial charge in [-0.1, -0.05) is 34.6 Å². The van der Waals surface area contributed by atoms with Crippen molar-refractivity contribution in [3.8, 4) is 5.75 Å². The molecule has 1 aliphatic heterocycles. The van der Waals surface area contributed by atoms with Gasteiger partial charge in [-0.3, -0.25) is 4.79 Å². The zero-order valence-electron chi connectivity index (χ0n) is 14.2. The van der Waals surface area contributed by atoms with Gasteiger partial charge in [-0.25, -0.2) is 0 Å². The van der Waals surface area contributed by atoms with Gasteiger partial charge in [0.2, 0.25) is 5.12 Å². The van der Waals surface area contributed by atoms with E-state index >= 15 is 0 Å². The van der Waals surface area contributed by atoms with Gasteiger partial charge in [0.05, 0.1) is 12.9 Å². The number of ether oxygens (including phenoxy) is 1. The first-order valence-corrected chi connectivity index (χ1v) is 8.58. The summed E-state index contributed by atoms with van der Waals surface area (Å²) in [7, 11) is 0. The fourth-order valence-corrected chi connectivity index (χ4v) is 3.43. The predicted octanol–water partition coefficient (Wildman–Crippen LogP) is 5.18. The van der Waals surface area contributed by atoms with E-state index in [9.17, 15) is 4.79 Å². The molecule has 23 heavy (non-hydrogen) atoms. The maximum absolute atomic E-state index is 12.7. The Labute approximate surface area is 141 Å². The second kappa shape index (κ2) is 5.45. The summed E-state index contributed by atoms with van der Waals surface area (Å²) in [5.74, 6) is 0.946. The molecule has 1 aliphatic rings. The Balaban J connectivity index is 2.07. The SMILES string of the molecule is CC(C)(C)c1cc(C(=O)Sc2ccco2)cc2c1OCC2(C)C. The number of hydrogen-bond donors (Lipinski definition) is 0. The van der Waals surface area contributed by atoms with Gasteiger partial charge in [0.1, 0.15) is 5.75 Å². The number of furan rings is 1. The van der Waals surface area contributed by atoms with Gasteiger partial charge in [-0.15, -0.1) is 0 Å². The zero-order valence-corrected chi connectivity index (χ0v) is 15.0. The normalized spacial score (nSPS) is 16.0. The quantitative estimate of drug-likeness (QED) is 0.711. The van der Waals surface area contributed by atoms with E-state index < -0.39 is 0 Å². The maximum atomic E-state index is 12.7. The molecule has 0 amide bonds. The number of carbonyl (C=O) groups excluding carboxylic acids is 1. The topological polar surface area (TPSA) is 39.4 Å². The minimum absolute atomic E-state index is 0.00375. The molecule has 3 nitrogen and oxygen atoms in total. The smallest absolute Gasteiger partial charge is 0.227 e. The summed E-state index contributed by atoms with van der Waals surface area (Å²) in [6.45, 7) is 11.4. The molecule has 0 aliphatic carbocycles. The number of thioether (sulfide) groups is 1. The van der Waals surface area contributed by atoms with Crippen LogP contribution in [0.5, 0.6) is 5.75 Å². The molecule has 2 aromatic rings. The monoisotopic (exact) mass is 330 g/mol. The first kappa shape index (κ1) is 16.2. The Hall–Kier alpha value is -1.68. The molecular formula is C19H22O3S. The first-order chi connectivity index (χ1) is 10.7. The molecule has 1 aromatic carbocycles. The minimum atomic E-state index is -0.0872. The Morgan fingerprint density at radius 2 is 2.00 bits per heavy atom. The van der Waals surface area contributed by atoms with Crippen LogP contribution in [-0.4, -0.2) is 11.7 Å². The van der Waals surface area contributed by atoms with Crippen LogP contribution in [-0.2, 0) is 10.8 Å². The largest absolute Gasteiger partial charge is 0.492 e. The molecule has 4 heteroatoms. The summed E-state index contributed by atoms with van der Waals surface area (Å²) < 4.78 is 11.2. The Kier molecular flexibility index (Phi) is 3.83. The molecule has 122 valence electrons. The highest BCUT2D eigenvalue weighted by atomic mass is 32.2. The third-order valence-corrected chi connectivity index (χ3v) is 4.98. The number of rotatable bonds is 2. The molecule has 3 rings (SSSR count). The van der Waals surface area contributed by atoms with Crippen LogP contribution in [0.1, 0.15) is 56.1 Å². The predicted molar refractivity (Wildman–Crippen MR) is 92.6 cm³/mol. The van der Waals surface area contributed by atoms with Crippen LogP contribution >= 0.6 is 11.8 Å². The first-order valence-electron chi connectivity index (χ1n) is 7.76. The van der Waals surface area contributed by atoms with Crippen molar-refractivity contribution in [2.45, 2.75) is 50.5 Å². The number of benzene rings is 1. The van der Waals surface area contributed by atoms with Gasteiger partial charge < -0.3 is 9.15 Å². The van der Waals surface area contributed by atoms with E-state index in [2.05, 4.69) is 34.6 Å². The number of hydrogen-bond acceptors (Lipinski definition) is 4. The molecule has 0 unspecified atom stereocenters. The molecule has 0 spiro atoms. The maximum Gasteiger partial charge on any atom is 0.227 e. The van der Waals surface area contributed by atoms with Crippen molar-refractivity contribution >= 4 is 16.9 Å². The van der Waals surface area contributed by atoms with Crippen LogP contribution in [0.25, 0.3) is 0 Å². The molecular weight excluding hydrogens is 308 g/mol. The Morgan fingerprint density at radius 1 is 1.26 bits per heavy atom. The van der Waals surface area contributed by atoms with Gasteiger partial charge in [0, 0.05) is 22.1 Å². The molecule has 0 fully saturated rings. The van der Waals surface area contributed by atoms with Crippen LogP contribution in [0, 0.1) is 0 Å². The van der Waals surface area contributed by atoms with E-state index in [1.54, 1.807) is 18.4 Å². The molecule has 0 bridgehead atoms. The van der Waals surface area contributed by atoms with Crippen LogP contribution in [0.4, 0.5) is 0 Å². The summed E-state index contributed by atoms with van der Waals surface area (Å²) in [5, 5.41) is 0.610. The van der Waals surface area contributed by atoms with Crippen molar-refractivity contribution in [3.05, 3.63) is 47.2 Å². The Bertz CT molecular complexity index is 737. The van der Waals surface area contributed by atoms with E-state index in [0.717, 1.165) is 28.6 Å². The highest BCUT2D eigenvalue weighted by Gasteiger charge is 2.37. The lowest BCUT2D eigenvalue weighted by Gasteiger charge is -2.23. The van der Waals surface area contributed by atoms with E-state index in [1.807, 2.05) is 12.1 Å². The van der Waals surface area contributed by atoms with Crippen molar-refractivity contribution in [1.82, 2.24) is 0 Å². The highest BCUT2D eigenvalue weighted by molar-refractivity contribution is 8.14. The van der Waals surface area contributed by atoms with Gasteiger partial charge in [0.15, 0.2) is 5.09 Å². The third kappa shape index (κ3) is 3.05. The lowest BCUT2D eigenvalue weighted by Crippen LogP contribution is -2.18. The minimum Gasteiger partial charge on any atom is -0.492 e. The number of fused-ring (bicyclic) bond motifs is 1. The summed E-state index contributed by atoms with van der Waals surface area (Å²) >= 11 is 1.12. The lowest BCUT2D eigenvalue weighted by molar-refractivity contribution is 0.108. The van der Waals surface area contributed by atoms with E-state index in [-0.39, 0.29) is 15.9 Å². The van der Waals surface area contributed by atoms with E-state index in [1.165, 1.54) is 0 Å². The summed E-state index contributed by atoms with van der Waals surface area (Å²) in [6.07, 6.45) is 1.58. The average molecular weight is 330 g/mol. The molecule has 2 heterocycles. The van der Waals surface area contributed by atoms with Crippen molar-refractivity contribution in [2.75, 3.05) is 6.61 Å². The number of carbonyl (C=O) groups is 1. The zero-order chi connectivity index (χ0) is 16.8. The van der Waals surface area contributed by atoms with E-state index in [0.29, 0.717) is 17.3 Å². The van der Waals surface area contributed by atoms with Crippen molar-refractivity contribution in [1.29, 1.82) is 0 Å². The van der Waals surface area contributed by atoms with Gasteiger partial charge in [-0.05, 0) is 41.4 Å². The van der Waals surface area contributed by atoms with E-state index in [4.69, 9.17) is 9.15 Å². The van der Waals surface area contributed by atoms with Crippen LogP contribution in [0.2, 0.25) is 0 Å². The van der Waals surface area contributed by atoms with Gasteiger partial charge in [-0.2, -0.15) is 0 Å². The van der Waals surface area contributed by atoms with Crippen LogP contribution in [0.15, 0.2) is 40.0 Å². The summed E-state index contributed by atoms with van der Waals surface area (Å²) in [6, 6.07) is 7.54. The van der Waals surface area contributed by atoms with Gasteiger partial charge >= 0.3 is 0 Å². The summed E-state index contributed by atoms with van der Waals surface area (Å²) in [5.41, 5.74) is 2.74. The highest BCUT2D eigenvalue weighted by Crippen LogP contribution is 2.45. The molecule has 0 saturated carbocycles. The molecule has 0 atom stereocenters. The fourth-order valence-electron chi connectivity index (χ4n) is 2.76. The molecule has 0 radical (unpaired) electrons. The van der Waals surface area contributed by atoms with Crippen molar-refractivity contribution in [2.24, 2.45) is 0 Å². The Morgan fingerprint density at radius 3 is 2.61 bits per heavy atom. The molecule has 0 saturated heterocycles. The standard InChI is InChI=1S/C19H22O3S/c1-18(2,3)13-9-12(17(20)23-15-7-6-8-21-15)10-14-16(13)22-11-19(14,4)5/h6-10H,11H2,1-5H3. The molecule has 1 aromatic heterocycles. The van der Waals surface area contributed by atoms with Crippen LogP contribution < -0.4 is 4.74 Å². The fraction of sp³-hybridized carbons (Fsp3) is 0.421. The van der Waals surface area contributed by atoms with Crippen molar-refractivity contribution < 1.29 is 13.9 Å². The lowest BCUT2D eigenvalue weighted by atomic mass is 9.79.